The minimum atomic E-state index is -0.586. The van der Waals surface area contributed by atoms with Gasteiger partial charge in [0.15, 0.2) is 11.5 Å². The first kappa shape index (κ1) is 27.1. The average Bonchev–Trinajstić information content (AvgIpc) is 3.53. The first-order chi connectivity index (χ1) is 18.9. The number of benzene rings is 1. The van der Waals surface area contributed by atoms with E-state index in [1.54, 1.807) is 37.3 Å². The van der Waals surface area contributed by atoms with Crippen LogP contribution in [0.15, 0.2) is 36.8 Å². The number of aryl methyl sites for hydroxylation is 1. The third-order valence-electron chi connectivity index (χ3n) is 6.73. The summed E-state index contributed by atoms with van der Waals surface area (Å²) in [6.07, 6.45) is 5.09. The van der Waals surface area contributed by atoms with E-state index in [1.165, 1.54) is 23.8 Å². The number of nitrogens with one attached hydrogen (secondary N) is 1. The molecule has 1 fully saturated rings. The number of ether oxygens (including phenoxy) is 2. The Morgan fingerprint density at radius 3 is 2.67 bits per heavy atom. The van der Waals surface area contributed by atoms with Crippen LogP contribution in [-0.2, 0) is 4.74 Å². The van der Waals surface area contributed by atoms with E-state index in [9.17, 15) is 14.0 Å². The van der Waals surface area contributed by atoms with Gasteiger partial charge in [-0.25, -0.2) is 24.1 Å². The SMILES string of the molecule is COc1cnc2c(C(=O)Nc3cc(F)c4nc(C)cn4c3)ccc(N3CC[C@H](N(C)C(=O)OC(C)(C)C)C3)c2n1. The van der Waals surface area contributed by atoms with Gasteiger partial charge in [0.25, 0.3) is 5.91 Å². The van der Waals surface area contributed by atoms with Crippen molar-refractivity contribution in [3.8, 4) is 5.88 Å². The van der Waals surface area contributed by atoms with Crippen molar-refractivity contribution in [1.29, 1.82) is 0 Å². The van der Waals surface area contributed by atoms with E-state index in [0.29, 0.717) is 35.7 Å². The number of methoxy groups -OCH3 is 1. The Kier molecular flexibility index (Phi) is 6.94. The van der Waals surface area contributed by atoms with Crippen molar-refractivity contribution in [1.82, 2.24) is 24.3 Å². The lowest BCUT2D eigenvalue weighted by Gasteiger charge is -2.29. The summed E-state index contributed by atoms with van der Waals surface area (Å²) in [5.41, 5.74) is 2.44. The quantitative estimate of drug-likeness (QED) is 0.389. The van der Waals surface area contributed by atoms with E-state index in [0.717, 1.165) is 12.1 Å². The van der Waals surface area contributed by atoms with Crippen LogP contribution in [0.2, 0.25) is 0 Å². The predicted octanol–water partition coefficient (Wildman–Crippen LogP) is 4.43. The second-order valence-corrected chi connectivity index (χ2v) is 10.9. The molecular weight excluding hydrogens is 517 g/mol. The number of halogens is 1. The van der Waals surface area contributed by atoms with Crippen LogP contribution in [0, 0.1) is 12.7 Å². The van der Waals surface area contributed by atoms with E-state index in [-0.39, 0.29) is 29.0 Å². The summed E-state index contributed by atoms with van der Waals surface area (Å²) >= 11 is 0. The van der Waals surface area contributed by atoms with Crippen LogP contribution in [0.25, 0.3) is 16.7 Å². The van der Waals surface area contributed by atoms with Crippen molar-refractivity contribution in [3.63, 3.8) is 0 Å². The molecule has 11 nitrogen and oxygen atoms in total. The summed E-state index contributed by atoms with van der Waals surface area (Å²) in [5, 5.41) is 2.76. The number of aromatic nitrogens is 4. The molecule has 0 saturated carbocycles. The summed E-state index contributed by atoms with van der Waals surface area (Å²) in [6, 6.07) is 4.65. The molecule has 0 aliphatic carbocycles. The standard InChI is InChI=1S/C28H32FN7O4/c1-16-13-36-14-17(11-20(29)25(36)31-16)32-26(37)19-7-8-21(24-23(19)30-12-22(33-24)39-6)35-10-9-18(15-35)34(5)27(38)40-28(2,3)4/h7-8,11-14,18H,9-10,15H2,1-6H3,(H,32,37)/t18-/m0/s1. The third-order valence-corrected chi connectivity index (χ3v) is 6.73. The van der Waals surface area contributed by atoms with Crippen LogP contribution in [0.3, 0.4) is 0 Å². The van der Waals surface area contributed by atoms with E-state index in [4.69, 9.17) is 9.47 Å². The summed E-state index contributed by atoms with van der Waals surface area (Å²) in [7, 11) is 3.23. The van der Waals surface area contributed by atoms with Crippen LogP contribution in [-0.4, -0.2) is 75.1 Å². The molecule has 4 aromatic rings. The Balaban J connectivity index is 1.43. The molecule has 1 aromatic carbocycles. The lowest BCUT2D eigenvalue weighted by molar-refractivity contribution is 0.0237. The van der Waals surface area contributed by atoms with Gasteiger partial charge < -0.3 is 29.0 Å². The maximum Gasteiger partial charge on any atom is 0.410 e. The van der Waals surface area contributed by atoms with Crippen molar-refractivity contribution in [2.45, 2.75) is 45.8 Å². The van der Waals surface area contributed by atoms with Crippen LogP contribution < -0.4 is 15.0 Å². The molecule has 4 heterocycles. The van der Waals surface area contributed by atoms with Crippen LogP contribution >= 0.6 is 0 Å². The van der Waals surface area contributed by atoms with Crippen molar-refractivity contribution in [2.75, 3.05) is 37.5 Å². The molecular formula is C28H32FN7O4. The number of carbonyl (C=O) groups is 2. The first-order valence-corrected chi connectivity index (χ1v) is 12.9. The second-order valence-electron chi connectivity index (χ2n) is 10.9. The molecule has 1 atom stereocenters. The van der Waals surface area contributed by atoms with Crippen molar-refractivity contribution in [2.24, 2.45) is 0 Å². The monoisotopic (exact) mass is 549 g/mol. The van der Waals surface area contributed by atoms with Crippen molar-refractivity contribution < 1.29 is 23.5 Å². The molecule has 0 bridgehead atoms. The molecule has 1 aliphatic heterocycles. The summed E-state index contributed by atoms with van der Waals surface area (Å²) < 4.78 is 27.0. The number of hydrogen-bond donors (Lipinski definition) is 1. The molecule has 0 unspecified atom stereocenters. The van der Waals surface area contributed by atoms with Gasteiger partial charge >= 0.3 is 6.09 Å². The summed E-state index contributed by atoms with van der Waals surface area (Å²) in [4.78, 5) is 43.0. The number of carbonyl (C=O) groups excluding carboxylic acids is 2. The van der Waals surface area contributed by atoms with Crippen LogP contribution in [0.5, 0.6) is 5.88 Å². The number of rotatable bonds is 5. The molecule has 2 amide bonds. The highest BCUT2D eigenvalue weighted by atomic mass is 19.1. The van der Waals surface area contributed by atoms with E-state index < -0.39 is 17.3 Å². The number of hydrogen-bond acceptors (Lipinski definition) is 8. The normalized spacial score (nSPS) is 15.5. The minimum Gasteiger partial charge on any atom is -0.480 e. The fraction of sp³-hybridized carbons (Fsp3) is 0.393. The maximum atomic E-state index is 14.6. The Morgan fingerprint density at radius 1 is 1.18 bits per heavy atom. The van der Waals surface area contributed by atoms with Gasteiger partial charge in [-0.3, -0.25) is 4.79 Å². The third kappa shape index (κ3) is 5.33. The second kappa shape index (κ2) is 10.2. The van der Waals surface area contributed by atoms with Gasteiger partial charge in [0, 0.05) is 38.6 Å². The summed E-state index contributed by atoms with van der Waals surface area (Å²) in [5.74, 6) is -0.706. The van der Waals surface area contributed by atoms with Gasteiger partial charge in [-0.1, -0.05) is 0 Å². The van der Waals surface area contributed by atoms with E-state index >= 15 is 0 Å². The first-order valence-electron chi connectivity index (χ1n) is 12.9. The van der Waals surface area contributed by atoms with Crippen molar-refractivity contribution >= 4 is 40.1 Å². The fourth-order valence-electron chi connectivity index (χ4n) is 4.81. The Labute approximate surface area is 230 Å². The molecule has 1 aliphatic rings. The molecule has 40 heavy (non-hydrogen) atoms. The predicted molar refractivity (Wildman–Crippen MR) is 149 cm³/mol. The van der Waals surface area contributed by atoms with Gasteiger partial charge in [0.1, 0.15) is 16.6 Å². The number of amides is 2. The molecule has 0 radical (unpaired) electrons. The van der Waals surface area contributed by atoms with Crippen LogP contribution in [0.4, 0.5) is 20.6 Å². The smallest absolute Gasteiger partial charge is 0.410 e. The highest BCUT2D eigenvalue weighted by Crippen LogP contribution is 2.32. The van der Waals surface area contributed by atoms with Gasteiger partial charge in [0.2, 0.25) is 5.88 Å². The molecule has 12 heteroatoms. The Hall–Kier alpha value is -4.48. The fourth-order valence-corrected chi connectivity index (χ4v) is 4.81. The zero-order valence-electron chi connectivity index (χ0n) is 23.4. The maximum absolute atomic E-state index is 14.6. The molecule has 0 spiro atoms. The summed E-state index contributed by atoms with van der Waals surface area (Å²) in [6.45, 7) is 8.50. The topological polar surface area (TPSA) is 114 Å². The molecule has 1 saturated heterocycles. The largest absolute Gasteiger partial charge is 0.480 e. The number of nitrogens with zero attached hydrogens (tertiary/aromatic N) is 6. The van der Waals surface area contributed by atoms with Gasteiger partial charge in [-0.05, 0) is 46.2 Å². The number of anilines is 2. The lowest BCUT2D eigenvalue weighted by Crippen LogP contribution is -2.42. The Morgan fingerprint density at radius 2 is 1.95 bits per heavy atom. The lowest BCUT2D eigenvalue weighted by atomic mass is 10.1. The minimum absolute atomic E-state index is 0.0666. The van der Waals surface area contributed by atoms with Gasteiger partial charge in [-0.2, -0.15) is 0 Å². The molecule has 210 valence electrons. The van der Waals surface area contributed by atoms with Crippen molar-refractivity contribution in [3.05, 3.63) is 53.9 Å². The zero-order chi connectivity index (χ0) is 28.8. The van der Waals surface area contributed by atoms with E-state index in [1.807, 2.05) is 26.8 Å². The Bertz CT molecular complexity index is 1610. The van der Waals surface area contributed by atoms with Crippen LogP contribution in [0.1, 0.15) is 43.2 Å². The van der Waals surface area contributed by atoms with E-state index in [2.05, 4.69) is 25.2 Å². The van der Waals surface area contributed by atoms with Gasteiger partial charge in [-0.15, -0.1) is 0 Å². The number of imidazole rings is 1. The highest BCUT2D eigenvalue weighted by molar-refractivity contribution is 6.13. The average molecular weight is 550 g/mol. The highest BCUT2D eigenvalue weighted by Gasteiger charge is 2.32. The molecule has 5 rings (SSSR count). The van der Waals surface area contributed by atoms with Gasteiger partial charge in [0.05, 0.1) is 42.0 Å². The zero-order valence-corrected chi connectivity index (χ0v) is 23.4. The number of fused-ring (bicyclic) bond motifs is 2. The number of pyridine rings is 1. The number of likely N-dealkylation sites (N-methyl/N-ethyl adjacent to an activating group) is 1. The molecule has 1 N–H and O–H groups in total. The molecule has 3 aromatic heterocycles.